The fraction of sp³-hybridized carbons (Fsp3) is 0.0385. The van der Waals surface area contributed by atoms with Gasteiger partial charge in [-0.15, -0.1) is 0 Å². The van der Waals surface area contributed by atoms with Crippen molar-refractivity contribution in [1.29, 1.82) is 0 Å². The van der Waals surface area contributed by atoms with Crippen LogP contribution in [0.3, 0.4) is 0 Å². The lowest BCUT2D eigenvalue weighted by atomic mass is 10.1. The smallest absolute Gasteiger partial charge is 0.424 e. The van der Waals surface area contributed by atoms with Crippen molar-refractivity contribution in [2.24, 2.45) is 0 Å². The number of pyridine rings is 1. The van der Waals surface area contributed by atoms with Crippen LogP contribution in [0.15, 0.2) is 79.4 Å². The molecule has 0 atom stereocenters. The molecule has 0 unspecified atom stereocenters. The zero-order chi connectivity index (χ0) is 29.1. The average molecular weight is 585 g/mol. The van der Waals surface area contributed by atoms with Crippen LogP contribution in [0.2, 0.25) is 5.02 Å². The van der Waals surface area contributed by atoms with Gasteiger partial charge < -0.3 is 21.1 Å². The number of hydrogen-bond acceptors (Lipinski definition) is 7. The number of nitrogens with one attached hydrogen (secondary N) is 2. The number of ether oxygens (including phenoxy) is 1. The number of amides is 2. The minimum Gasteiger partial charge on any atom is -0.424 e. The Bertz CT molecular complexity index is 1710. The van der Waals surface area contributed by atoms with Gasteiger partial charge in [-0.3, -0.25) is 0 Å². The molecule has 0 saturated heterocycles. The molecular weight excluding hydrogens is 568 g/mol. The number of nitrogens with two attached hydrogens (primary N) is 1. The van der Waals surface area contributed by atoms with Crippen LogP contribution in [0.5, 0.6) is 11.8 Å². The van der Waals surface area contributed by atoms with E-state index in [2.05, 4.69) is 30.7 Å². The molecule has 0 aliphatic carbocycles. The number of carbonyl (C=O) groups excluding carboxylic acids is 1. The number of hydrogen-bond donors (Lipinski definition) is 3. The molecule has 0 aliphatic heterocycles. The van der Waals surface area contributed by atoms with E-state index in [-0.39, 0.29) is 33.9 Å². The van der Waals surface area contributed by atoms with E-state index in [4.69, 9.17) is 22.1 Å². The minimum absolute atomic E-state index is 0.0187. The van der Waals surface area contributed by atoms with Gasteiger partial charge in [0.05, 0.1) is 35.7 Å². The zero-order valence-corrected chi connectivity index (χ0v) is 21.3. The molecule has 10 nitrogen and oxygen atoms in total. The van der Waals surface area contributed by atoms with Gasteiger partial charge in [0.15, 0.2) is 5.69 Å². The van der Waals surface area contributed by atoms with Crippen molar-refractivity contribution in [3.63, 3.8) is 0 Å². The number of anilines is 3. The molecule has 15 heteroatoms. The number of benzene rings is 2. The fourth-order valence-electron chi connectivity index (χ4n) is 3.62. The first-order valence-electron chi connectivity index (χ1n) is 11.6. The molecule has 0 bridgehead atoms. The maximum Gasteiger partial charge on any atom is 0.435 e. The van der Waals surface area contributed by atoms with Crippen molar-refractivity contribution < 1.29 is 27.1 Å². The summed E-state index contributed by atoms with van der Waals surface area (Å²) in [6.45, 7) is 0. The third-order valence-electron chi connectivity index (χ3n) is 5.48. The van der Waals surface area contributed by atoms with Gasteiger partial charge >= 0.3 is 18.2 Å². The SMILES string of the molecule is Nc1ncc(F)cc1-c1ccc(Oc2ncc(NC(=O)Nc3ccc(Cl)cc3-n3ccc(C(F)(F)F)n3)cn2)cc1. The van der Waals surface area contributed by atoms with Gasteiger partial charge in [-0.25, -0.2) is 28.8 Å². The molecule has 4 N–H and O–H groups in total. The Morgan fingerprint density at radius 2 is 1.68 bits per heavy atom. The summed E-state index contributed by atoms with van der Waals surface area (Å²) >= 11 is 6.01. The summed E-state index contributed by atoms with van der Waals surface area (Å²) in [5, 5.41) is 8.80. The van der Waals surface area contributed by atoms with Crippen LogP contribution >= 0.6 is 11.6 Å². The first kappa shape index (κ1) is 27.3. The van der Waals surface area contributed by atoms with Crippen LogP contribution in [0, 0.1) is 5.82 Å². The molecule has 0 fully saturated rings. The summed E-state index contributed by atoms with van der Waals surface area (Å²) in [5.41, 5.74) is 6.24. The Hall–Kier alpha value is -5.24. The molecule has 0 aliphatic rings. The molecule has 0 radical (unpaired) electrons. The van der Waals surface area contributed by atoms with Gasteiger partial charge in [-0.05, 0) is 48.0 Å². The largest absolute Gasteiger partial charge is 0.435 e. The van der Waals surface area contributed by atoms with Crippen molar-refractivity contribution >= 4 is 34.8 Å². The first-order valence-corrected chi connectivity index (χ1v) is 11.9. The highest BCUT2D eigenvalue weighted by Crippen LogP contribution is 2.31. The van der Waals surface area contributed by atoms with Gasteiger partial charge in [0.1, 0.15) is 17.4 Å². The maximum atomic E-state index is 13.5. The Morgan fingerprint density at radius 1 is 0.951 bits per heavy atom. The molecular formula is C26H17ClF4N8O2. The maximum absolute atomic E-state index is 13.5. The number of alkyl halides is 3. The number of nitrogen functional groups attached to an aromatic ring is 1. The van der Waals surface area contributed by atoms with Crippen molar-refractivity contribution in [1.82, 2.24) is 24.7 Å². The minimum atomic E-state index is -4.64. The lowest BCUT2D eigenvalue weighted by Gasteiger charge is -2.13. The highest BCUT2D eigenvalue weighted by atomic mass is 35.5. The molecule has 41 heavy (non-hydrogen) atoms. The number of halogens is 5. The van der Waals surface area contributed by atoms with E-state index in [9.17, 15) is 22.4 Å². The van der Waals surface area contributed by atoms with Gasteiger partial charge in [0.25, 0.3) is 0 Å². The second-order valence-corrected chi connectivity index (χ2v) is 8.79. The van der Waals surface area contributed by atoms with Crippen molar-refractivity contribution in [3.8, 4) is 28.6 Å². The second-order valence-electron chi connectivity index (χ2n) is 8.35. The molecule has 0 saturated carbocycles. The number of carbonyl (C=O) groups is 1. The van der Waals surface area contributed by atoms with E-state index in [1.54, 1.807) is 24.3 Å². The molecule has 2 amide bonds. The number of rotatable bonds is 6. The Labute approximate surface area is 233 Å². The molecule has 208 valence electrons. The average Bonchev–Trinajstić information content (AvgIpc) is 3.44. The third-order valence-corrected chi connectivity index (χ3v) is 5.72. The molecule has 3 aromatic heterocycles. The number of urea groups is 1. The third kappa shape index (κ3) is 6.50. The summed E-state index contributed by atoms with van der Waals surface area (Å²) in [7, 11) is 0. The molecule has 5 rings (SSSR count). The van der Waals surface area contributed by atoms with Crippen LogP contribution < -0.4 is 21.1 Å². The predicted molar refractivity (Wildman–Crippen MR) is 142 cm³/mol. The van der Waals surface area contributed by atoms with Crippen LogP contribution in [-0.2, 0) is 6.18 Å². The van der Waals surface area contributed by atoms with E-state index in [1.165, 1.54) is 36.7 Å². The monoisotopic (exact) mass is 584 g/mol. The predicted octanol–water partition coefficient (Wildman–Crippen LogP) is 6.55. The number of aromatic nitrogens is 5. The van der Waals surface area contributed by atoms with E-state index >= 15 is 0 Å². The van der Waals surface area contributed by atoms with E-state index in [1.807, 2.05) is 0 Å². The summed E-state index contributed by atoms with van der Waals surface area (Å²) in [6.07, 6.45) is 0.0830. The molecule has 2 aromatic carbocycles. The zero-order valence-electron chi connectivity index (χ0n) is 20.5. The topological polar surface area (TPSA) is 133 Å². The van der Waals surface area contributed by atoms with E-state index in [0.717, 1.165) is 23.1 Å². The molecule has 3 heterocycles. The van der Waals surface area contributed by atoms with E-state index < -0.39 is 23.7 Å². The van der Waals surface area contributed by atoms with Gasteiger partial charge in [-0.2, -0.15) is 18.3 Å². The summed E-state index contributed by atoms with van der Waals surface area (Å²) in [4.78, 5) is 24.5. The van der Waals surface area contributed by atoms with Crippen LogP contribution in [-0.4, -0.2) is 30.8 Å². The normalized spacial score (nSPS) is 11.2. The lowest BCUT2D eigenvalue weighted by Crippen LogP contribution is -2.21. The highest BCUT2D eigenvalue weighted by Gasteiger charge is 2.33. The Balaban J connectivity index is 1.23. The fourth-order valence-corrected chi connectivity index (χ4v) is 3.78. The Morgan fingerprint density at radius 3 is 2.37 bits per heavy atom. The quantitative estimate of drug-likeness (QED) is 0.193. The Kier molecular flexibility index (Phi) is 7.40. The van der Waals surface area contributed by atoms with E-state index in [0.29, 0.717) is 16.9 Å². The summed E-state index contributed by atoms with van der Waals surface area (Å²) in [5.74, 6) is 0.0499. The summed E-state index contributed by atoms with van der Waals surface area (Å²) in [6, 6.07) is 12.1. The van der Waals surface area contributed by atoms with Crippen molar-refractivity contribution in [2.45, 2.75) is 6.18 Å². The van der Waals surface area contributed by atoms with Gasteiger partial charge in [-0.1, -0.05) is 23.7 Å². The molecule has 0 spiro atoms. The van der Waals surface area contributed by atoms with Gasteiger partial charge in [0, 0.05) is 16.8 Å². The molecule has 5 aromatic rings. The van der Waals surface area contributed by atoms with Crippen LogP contribution in [0.4, 0.5) is 39.5 Å². The van der Waals surface area contributed by atoms with Gasteiger partial charge in [0.2, 0.25) is 0 Å². The standard InChI is InChI=1S/C26H17ClF4N8O2/c27-15-3-6-20(21(9-15)39-8-7-22(38-39)26(29,30)31)37-24(40)36-17-12-34-25(35-13-17)41-18-4-1-14(2-5-18)19-10-16(28)11-33-23(19)32/h1-13H,(H2,32,33)(H2,36,37,40). The highest BCUT2D eigenvalue weighted by molar-refractivity contribution is 6.31. The van der Waals surface area contributed by atoms with Crippen LogP contribution in [0.1, 0.15) is 5.69 Å². The second kappa shape index (κ2) is 11.1. The van der Waals surface area contributed by atoms with Crippen molar-refractivity contribution in [2.75, 3.05) is 16.4 Å². The number of nitrogens with zero attached hydrogens (tertiary/aromatic N) is 5. The first-order chi connectivity index (χ1) is 19.5. The summed E-state index contributed by atoms with van der Waals surface area (Å²) < 4.78 is 59.0. The lowest BCUT2D eigenvalue weighted by molar-refractivity contribution is -0.141. The van der Waals surface area contributed by atoms with Crippen LogP contribution in [0.25, 0.3) is 16.8 Å². The van der Waals surface area contributed by atoms with Crippen molar-refractivity contribution in [3.05, 3.63) is 95.9 Å².